The summed E-state index contributed by atoms with van der Waals surface area (Å²) in [5.74, 6) is 0.351. The van der Waals surface area contributed by atoms with Crippen molar-refractivity contribution in [2.24, 2.45) is 0 Å². The van der Waals surface area contributed by atoms with Gasteiger partial charge in [-0.25, -0.2) is 0 Å². The summed E-state index contributed by atoms with van der Waals surface area (Å²) in [7, 11) is 0. The molecule has 1 unspecified atom stereocenters. The first-order valence-corrected chi connectivity index (χ1v) is 11.0. The first kappa shape index (κ1) is 21.9. The molecule has 0 saturated heterocycles. The van der Waals surface area contributed by atoms with E-state index in [-0.39, 0.29) is 11.2 Å². The highest BCUT2D eigenvalue weighted by Gasteiger charge is 2.21. The highest BCUT2D eigenvalue weighted by atomic mass is 35.5. The zero-order valence-electron chi connectivity index (χ0n) is 15.5. The van der Waals surface area contributed by atoms with Gasteiger partial charge in [0, 0.05) is 22.3 Å². The van der Waals surface area contributed by atoms with Gasteiger partial charge in [0.15, 0.2) is 0 Å². The molecule has 0 heterocycles. The van der Waals surface area contributed by atoms with Crippen LogP contribution in [0.2, 0.25) is 10.0 Å². The van der Waals surface area contributed by atoms with Crippen molar-refractivity contribution in [2.75, 3.05) is 18.0 Å². The number of thioether (sulfide) groups is 1. The number of nitrogen functional groups attached to an aromatic ring is 1. The largest absolute Gasteiger partial charge is 0.398 e. The van der Waals surface area contributed by atoms with Gasteiger partial charge in [-0.15, -0.1) is 11.8 Å². The summed E-state index contributed by atoms with van der Waals surface area (Å²) in [5.41, 5.74) is 8.63. The molecule has 27 heavy (non-hydrogen) atoms. The maximum atomic E-state index is 12.3. The van der Waals surface area contributed by atoms with Gasteiger partial charge < -0.3 is 11.1 Å². The van der Waals surface area contributed by atoms with Crippen LogP contribution < -0.4 is 11.1 Å². The molecule has 0 aliphatic rings. The molecular weight excluding hydrogens is 399 g/mol. The number of unbranched alkanes of at least 4 members (excludes halogenated alkanes) is 3. The quantitative estimate of drug-likeness (QED) is 0.358. The Bertz CT molecular complexity index is 755. The number of carbonyl (C=O) groups excluding carboxylic acids is 1. The number of hydrogen-bond donors (Lipinski definition) is 2. The fourth-order valence-corrected chi connectivity index (χ4v) is 4.48. The molecule has 2 rings (SSSR count). The van der Waals surface area contributed by atoms with Crippen LogP contribution in [0.4, 0.5) is 5.69 Å². The molecule has 6 heteroatoms. The predicted molar refractivity (Wildman–Crippen MR) is 119 cm³/mol. The molecule has 0 spiro atoms. The first-order valence-electron chi connectivity index (χ1n) is 9.20. The van der Waals surface area contributed by atoms with Gasteiger partial charge in [-0.3, -0.25) is 4.79 Å². The average Bonchev–Trinajstić information content (AvgIpc) is 2.65. The van der Waals surface area contributed by atoms with Crippen molar-refractivity contribution >= 4 is 46.6 Å². The Morgan fingerprint density at radius 2 is 1.89 bits per heavy atom. The molecule has 3 N–H and O–H groups in total. The first-order chi connectivity index (χ1) is 13.0. The monoisotopic (exact) mass is 424 g/mol. The lowest BCUT2D eigenvalue weighted by Gasteiger charge is -2.21. The smallest absolute Gasteiger partial charge is 0.230 e. The van der Waals surface area contributed by atoms with Gasteiger partial charge in [0.05, 0.1) is 11.0 Å². The number of rotatable bonds is 10. The van der Waals surface area contributed by atoms with E-state index in [0.717, 1.165) is 30.5 Å². The lowest BCUT2D eigenvalue weighted by molar-refractivity contribution is -0.118. The number of anilines is 1. The van der Waals surface area contributed by atoms with Crippen LogP contribution in [0.25, 0.3) is 0 Å². The molecule has 3 nitrogen and oxygen atoms in total. The molecule has 0 aliphatic heterocycles. The van der Waals surface area contributed by atoms with Gasteiger partial charge in [0.1, 0.15) is 0 Å². The molecule has 1 atom stereocenters. The van der Waals surface area contributed by atoms with Crippen molar-refractivity contribution in [1.82, 2.24) is 5.32 Å². The number of nitrogens with two attached hydrogens (primary N) is 1. The summed E-state index contributed by atoms with van der Waals surface area (Å²) in [4.78, 5) is 12.3. The van der Waals surface area contributed by atoms with Crippen molar-refractivity contribution in [3.05, 3.63) is 63.6 Å². The molecule has 2 aromatic carbocycles. The van der Waals surface area contributed by atoms with Crippen LogP contribution >= 0.6 is 35.0 Å². The minimum atomic E-state index is -0.164. The van der Waals surface area contributed by atoms with E-state index < -0.39 is 0 Å². The molecule has 1 amide bonds. The summed E-state index contributed by atoms with van der Waals surface area (Å²) >= 11 is 14.1. The third-order valence-electron chi connectivity index (χ3n) is 4.25. The lowest BCUT2D eigenvalue weighted by atomic mass is 10.0. The summed E-state index contributed by atoms with van der Waals surface area (Å²) < 4.78 is 0. The van der Waals surface area contributed by atoms with Gasteiger partial charge in [-0.1, -0.05) is 67.6 Å². The van der Waals surface area contributed by atoms with Crippen molar-refractivity contribution in [2.45, 2.75) is 37.9 Å². The Morgan fingerprint density at radius 1 is 1.11 bits per heavy atom. The number of nitrogens with one attached hydrogen (secondary N) is 1. The van der Waals surface area contributed by atoms with Crippen molar-refractivity contribution < 1.29 is 4.79 Å². The number of carbonyl (C=O) groups is 1. The van der Waals surface area contributed by atoms with E-state index in [1.165, 1.54) is 24.6 Å². The SMILES string of the molecule is CCCCCCNC(=O)CSC(c1cc(Cl)ccc1N)c1ccccc1Cl. The minimum Gasteiger partial charge on any atom is -0.398 e. The Kier molecular flexibility index (Phi) is 9.32. The zero-order chi connectivity index (χ0) is 19.6. The highest BCUT2D eigenvalue weighted by molar-refractivity contribution is 8.00. The molecule has 146 valence electrons. The van der Waals surface area contributed by atoms with Gasteiger partial charge in [-0.05, 0) is 41.8 Å². The third-order valence-corrected chi connectivity index (χ3v) is 6.10. The van der Waals surface area contributed by atoms with E-state index in [4.69, 9.17) is 28.9 Å². The molecule has 0 fully saturated rings. The molecule has 0 saturated carbocycles. The van der Waals surface area contributed by atoms with Crippen LogP contribution in [0.15, 0.2) is 42.5 Å². The predicted octanol–water partition coefficient (Wildman–Crippen LogP) is 6.09. The Morgan fingerprint density at radius 3 is 2.63 bits per heavy atom. The molecular formula is C21H26Cl2N2OS. The fourth-order valence-electron chi connectivity index (χ4n) is 2.80. The second-order valence-corrected chi connectivity index (χ2v) is 8.33. The maximum absolute atomic E-state index is 12.3. The Hall–Kier alpha value is -1.36. The van der Waals surface area contributed by atoms with Crippen LogP contribution in [-0.4, -0.2) is 18.2 Å². The molecule has 0 aromatic heterocycles. The van der Waals surface area contributed by atoms with E-state index in [1.54, 1.807) is 12.1 Å². The maximum Gasteiger partial charge on any atom is 0.230 e. The minimum absolute atomic E-state index is 0.0224. The molecule has 0 radical (unpaired) electrons. The zero-order valence-corrected chi connectivity index (χ0v) is 17.8. The average molecular weight is 425 g/mol. The number of halogens is 2. The summed E-state index contributed by atoms with van der Waals surface area (Å²) in [5, 5.41) is 4.08. The van der Waals surface area contributed by atoms with Crippen LogP contribution in [-0.2, 0) is 4.79 Å². The Labute approximate surface area is 176 Å². The second-order valence-electron chi connectivity index (χ2n) is 6.40. The highest BCUT2D eigenvalue weighted by Crippen LogP contribution is 2.42. The number of benzene rings is 2. The van der Waals surface area contributed by atoms with Crippen molar-refractivity contribution in [3.8, 4) is 0 Å². The van der Waals surface area contributed by atoms with Crippen molar-refractivity contribution in [3.63, 3.8) is 0 Å². The van der Waals surface area contributed by atoms with E-state index in [9.17, 15) is 4.79 Å². The molecule has 0 aliphatic carbocycles. The van der Waals surface area contributed by atoms with Crippen LogP contribution in [0.5, 0.6) is 0 Å². The number of amides is 1. The lowest BCUT2D eigenvalue weighted by Crippen LogP contribution is -2.26. The van der Waals surface area contributed by atoms with Gasteiger partial charge >= 0.3 is 0 Å². The summed E-state index contributed by atoms with van der Waals surface area (Å²) in [6.45, 7) is 2.89. The van der Waals surface area contributed by atoms with Crippen LogP contribution in [0.1, 0.15) is 49.0 Å². The second kappa shape index (κ2) is 11.5. The van der Waals surface area contributed by atoms with Gasteiger partial charge in [-0.2, -0.15) is 0 Å². The summed E-state index contributed by atoms with van der Waals surface area (Å²) in [6.07, 6.45) is 4.54. The van der Waals surface area contributed by atoms with Crippen molar-refractivity contribution in [1.29, 1.82) is 0 Å². The van der Waals surface area contributed by atoms with Crippen LogP contribution in [0, 0.1) is 0 Å². The van der Waals surface area contributed by atoms with E-state index >= 15 is 0 Å². The third kappa shape index (κ3) is 6.95. The van der Waals surface area contributed by atoms with Crippen LogP contribution in [0.3, 0.4) is 0 Å². The van der Waals surface area contributed by atoms with E-state index in [2.05, 4.69) is 12.2 Å². The normalized spacial score (nSPS) is 12.0. The standard InChI is InChI=1S/C21H26Cl2N2OS/c1-2-3-4-7-12-25-20(26)14-27-21(16-8-5-6-9-18(16)23)17-13-15(22)10-11-19(17)24/h5-6,8-11,13,21H,2-4,7,12,14,24H2,1H3,(H,25,26). The van der Waals surface area contributed by atoms with E-state index in [0.29, 0.717) is 21.5 Å². The van der Waals surface area contributed by atoms with E-state index in [1.807, 2.05) is 30.3 Å². The Balaban J connectivity index is 2.09. The number of hydrogen-bond acceptors (Lipinski definition) is 3. The summed E-state index contributed by atoms with van der Waals surface area (Å²) in [6, 6.07) is 13.0. The fraction of sp³-hybridized carbons (Fsp3) is 0.381. The molecule has 2 aromatic rings. The van der Waals surface area contributed by atoms with Gasteiger partial charge in [0.2, 0.25) is 5.91 Å². The topological polar surface area (TPSA) is 55.1 Å². The van der Waals surface area contributed by atoms with Gasteiger partial charge in [0.25, 0.3) is 0 Å². The molecule has 0 bridgehead atoms.